The van der Waals surface area contributed by atoms with Gasteiger partial charge < -0.3 is 170 Å². The van der Waals surface area contributed by atoms with E-state index in [4.69, 9.17) is 52.1 Å². The van der Waals surface area contributed by atoms with Gasteiger partial charge in [-0.05, 0) is 0 Å². The molecule has 1 amide bonds. The molecule has 36 heteroatoms. The van der Waals surface area contributed by atoms with E-state index in [9.17, 15) is 122 Å². The molecule has 0 radical (unpaired) electrons. The van der Waals surface area contributed by atoms with Crippen LogP contribution in [0.15, 0.2) is 0 Å². The lowest BCUT2D eigenvalue weighted by atomic mass is 9.91. The number of carboxylic acids is 1. The number of nitrogens with one attached hydrogen (secondary N) is 1. The van der Waals surface area contributed by atoms with E-state index in [0.717, 1.165) is 6.92 Å². The predicted molar refractivity (Wildman–Crippen MR) is 234 cm³/mol. The van der Waals surface area contributed by atoms with Crippen molar-refractivity contribution < 1.29 is 174 Å². The van der Waals surface area contributed by atoms with Gasteiger partial charge in [-0.2, -0.15) is 0 Å². The maximum absolute atomic E-state index is 12.5. The van der Waals surface area contributed by atoms with Crippen molar-refractivity contribution in [3.8, 4) is 0 Å². The van der Waals surface area contributed by atoms with E-state index in [1.165, 1.54) is 0 Å². The van der Waals surface area contributed by atoms with Crippen molar-refractivity contribution in [3.63, 3.8) is 0 Å². The molecule has 0 aromatic carbocycles. The van der Waals surface area contributed by atoms with Gasteiger partial charge in [0.2, 0.25) is 5.91 Å². The van der Waals surface area contributed by atoms with E-state index in [2.05, 4.69) is 5.32 Å². The third-order valence-corrected chi connectivity index (χ3v) is 14.1. The van der Waals surface area contributed by atoms with Gasteiger partial charge in [-0.15, -0.1) is 0 Å². The van der Waals surface area contributed by atoms with E-state index in [-0.39, 0.29) is 0 Å². The molecule has 78 heavy (non-hydrogen) atoms. The molecule has 32 atom stereocenters. The van der Waals surface area contributed by atoms with Crippen LogP contribution >= 0.6 is 0 Å². The standard InChI is InChI=1S/C42H71NO35/c1-9(50)43-17-21(58)18(55)14(6-47)68-36(17)77-35-32(74-37-24(61)22(59)19(56)15(7-48)69-37)26(63)28(11(52)3-44)71-40(35)75-33-27(64)39(72-29-10(51)2-42(67,41(65)66)78-31(29)13(54)5-46)73-30(12(53)4-45)34(33)76-38-25(62)23(60)20(57)16(8-49)70-38/h10-40,44-49,51-64,67H,2-8H2,1H3,(H,43,50)(H,65,66)/t10-,11+,12+,13-,14-,15-,16-,17-,18-,19-,20-,21-,22+,23+,24-,25-,26-,27+,28-,29-,30-,31-,32+,33-,34-,35+,36-,37-,38+,39+,40-,42-/m1/s1. The number of hydrogen-bond acceptors (Lipinski definition) is 34. The first-order chi connectivity index (χ1) is 36.7. The van der Waals surface area contributed by atoms with E-state index >= 15 is 0 Å². The molecule has 454 valence electrons. The highest BCUT2D eigenvalue weighted by atomic mass is 16.8. The lowest BCUT2D eigenvalue weighted by molar-refractivity contribution is -0.419. The minimum atomic E-state index is -3.26. The number of carbonyl (C=O) groups excluding carboxylic acids is 1. The first kappa shape index (κ1) is 64.8. The summed E-state index contributed by atoms with van der Waals surface area (Å²) >= 11 is 0. The van der Waals surface area contributed by atoms with Gasteiger partial charge in [0.25, 0.3) is 5.79 Å². The van der Waals surface area contributed by atoms with Gasteiger partial charge in [0.15, 0.2) is 31.5 Å². The van der Waals surface area contributed by atoms with Crippen LogP contribution in [0.4, 0.5) is 0 Å². The fraction of sp³-hybridized carbons (Fsp3) is 0.952. The second-order valence-corrected chi connectivity index (χ2v) is 19.4. The molecular formula is C42H71NO35. The number of ether oxygens (including phenoxy) is 11. The summed E-state index contributed by atoms with van der Waals surface area (Å²) in [7, 11) is 0. The topological polar surface area (TPSA) is 593 Å². The molecule has 6 fully saturated rings. The predicted octanol–water partition coefficient (Wildman–Crippen LogP) is -15.4. The van der Waals surface area contributed by atoms with Crippen LogP contribution in [0, 0.1) is 0 Å². The lowest BCUT2D eigenvalue weighted by Crippen LogP contribution is -2.71. The highest BCUT2D eigenvalue weighted by Gasteiger charge is 2.61. The lowest BCUT2D eigenvalue weighted by Gasteiger charge is -2.53. The number of carbonyl (C=O) groups is 2. The zero-order valence-electron chi connectivity index (χ0n) is 41.0. The molecule has 0 bridgehead atoms. The third kappa shape index (κ3) is 13.5. The monoisotopic (exact) mass is 1150 g/mol. The van der Waals surface area contributed by atoms with Gasteiger partial charge in [-0.1, -0.05) is 0 Å². The number of aliphatic hydroxyl groups excluding tert-OH is 20. The zero-order chi connectivity index (χ0) is 58.0. The van der Waals surface area contributed by atoms with Crippen molar-refractivity contribution in [2.75, 3.05) is 39.6 Å². The average Bonchev–Trinajstić information content (AvgIpc) is 3.48. The summed E-state index contributed by atoms with van der Waals surface area (Å²) in [5.41, 5.74) is 0. The minimum Gasteiger partial charge on any atom is -0.477 e. The Bertz CT molecular complexity index is 1900. The van der Waals surface area contributed by atoms with Crippen LogP contribution in [0.3, 0.4) is 0 Å². The summed E-state index contributed by atoms with van der Waals surface area (Å²) < 4.78 is 64.1. The zero-order valence-corrected chi connectivity index (χ0v) is 41.0. The molecule has 6 heterocycles. The Balaban J connectivity index is 1.53. The maximum Gasteiger partial charge on any atom is 0.364 e. The van der Waals surface area contributed by atoms with Crippen molar-refractivity contribution >= 4 is 11.9 Å². The number of aliphatic hydroxyl groups is 21. The molecule has 6 aliphatic heterocycles. The molecule has 0 saturated carbocycles. The average molecular weight is 1150 g/mol. The molecular weight excluding hydrogens is 1080 g/mol. The van der Waals surface area contributed by atoms with Crippen LogP contribution < -0.4 is 5.32 Å². The Morgan fingerprint density at radius 2 is 0.872 bits per heavy atom. The van der Waals surface area contributed by atoms with Gasteiger partial charge >= 0.3 is 5.97 Å². The summed E-state index contributed by atoms with van der Waals surface area (Å²) in [6.07, 6.45) is -68.1. The molecule has 0 aromatic heterocycles. The van der Waals surface area contributed by atoms with Crippen molar-refractivity contribution in [2.24, 2.45) is 0 Å². The Morgan fingerprint density at radius 3 is 1.36 bits per heavy atom. The fourth-order valence-corrected chi connectivity index (χ4v) is 9.75. The molecule has 0 spiro atoms. The van der Waals surface area contributed by atoms with E-state index in [1.807, 2.05) is 0 Å². The molecule has 23 N–H and O–H groups in total. The van der Waals surface area contributed by atoms with Crippen molar-refractivity contribution in [1.29, 1.82) is 0 Å². The van der Waals surface area contributed by atoms with Gasteiger partial charge in [0.1, 0.15) is 153 Å². The van der Waals surface area contributed by atoms with Crippen LogP contribution in [-0.4, -0.2) is 360 Å². The molecule has 36 nitrogen and oxygen atoms in total. The van der Waals surface area contributed by atoms with E-state index in [0.29, 0.717) is 0 Å². The molecule has 6 aliphatic rings. The van der Waals surface area contributed by atoms with Crippen LogP contribution in [0.5, 0.6) is 0 Å². The van der Waals surface area contributed by atoms with Crippen LogP contribution in [0.2, 0.25) is 0 Å². The van der Waals surface area contributed by atoms with Crippen LogP contribution in [0.1, 0.15) is 13.3 Å². The second kappa shape index (κ2) is 27.4. The number of hydrogen-bond donors (Lipinski definition) is 23. The van der Waals surface area contributed by atoms with Crippen molar-refractivity contribution in [3.05, 3.63) is 0 Å². The quantitative estimate of drug-likeness (QED) is 0.0507. The Hall–Kier alpha value is -2.34. The maximum atomic E-state index is 12.5. The number of carboxylic acid groups (broad SMARTS) is 1. The van der Waals surface area contributed by atoms with Crippen molar-refractivity contribution in [1.82, 2.24) is 5.32 Å². The Labute approximate surface area is 439 Å². The summed E-state index contributed by atoms with van der Waals surface area (Å²) in [6, 6.07) is -1.89. The summed E-state index contributed by atoms with van der Waals surface area (Å²) in [6.45, 7) is -6.13. The largest absolute Gasteiger partial charge is 0.477 e. The highest BCUT2D eigenvalue weighted by Crippen LogP contribution is 2.41. The minimum absolute atomic E-state index is 0.924. The van der Waals surface area contributed by atoms with Gasteiger partial charge in [-0.3, -0.25) is 4.79 Å². The third-order valence-electron chi connectivity index (χ3n) is 14.1. The van der Waals surface area contributed by atoms with Gasteiger partial charge in [-0.25, -0.2) is 4.79 Å². The fourth-order valence-electron chi connectivity index (χ4n) is 9.75. The normalized spacial score (nSPS) is 48.6. The summed E-state index contributed by atoms with van der Waals surface area (Å²) in [4.78, 5) is 24.6. The highest BCUT2D eigenvalue weighted by molar-refractivity contribution is 5.75. The first-order valence-corrected chi connectivity index (χ1v) is 24.4. The number of rotatable bonds is 21. The first-order valence-electron chi connectivity index (χ1n) is 24.4. The van der Waals surface area contributed by atoms with Gasteiger partial charge in [0.05, 0.1) is 45.7 Å². The van der Waals surface area contributed by atoms with Crippen LogP contribution in [0.25, 0.3) is 0 Å². The second-order valence-electron chi connectivity index (χ2n) is 19.4. The van der Waals surface area contributed by atoms with E-state index < -0.39 is 254 Å². The summed E-state index contributed by atoms with van der Waals surface area (Å²) in [5, 5.41) is 239. The number of amides is 1. The summed E-state index contributed by atoms with van der Waals surface area (Å²) in [5.74, 6) is -6.28. The van der Waals surface area contributed by atoms with E-state index in [1.54, 1.807) is 0 Å². The van der Waals surface area contributed by atoms with Crippen molar-refractivity contribution in [2.45, 2.75) is 209 Å². The molecule has 0 unspecified atom stereocenters. The number of aliphatic carboxylic acids is 1. The molecule has 6 saturated heterocycles. The SMILES string of the molecule is CC(=O)N[C@H]1[C@@H](O[C@@H]2[C@@H](O[C@@H]3[C@H](O)[C@@H](O[C@H]4[C@@H]([C@H](O)CO)O[C@@](O)(C(=O)O)C[C@H]4O)O[C@H]([C@@H](O)CO)[C@H]3O[C@@H]3O[C@H](CO)[C@@H](O)[C@H](O)[C@H]3O)O[C@H]([C@@H](O)CO)[C@@H](O)[C@@H]2O[C@H]2O[C@H](CO)[C@@H](O)[C@H](O)[C@H]2O)O[C@H](CO)[C@@H](O)[C@@H]1O. The smallest absolute Gasteiger partial charge is 0.364 e. The Morgan fingerprint density at radius 1 is 0.474 bits per heavy atom. The molecule has 6 rings (SSSR count). The van der Waals surface area contributed by atoms with Crippen LogP contribution in [-0.2, 0) is 61.7 Å². The Kier molecular flexibility index (Phi) is 22.7. The molecule has 0 aliphatic carbocycles. The molecule has 0 aromatic rings. The van der Waals surface area contributed by atoms with Gasteiger partial charge in [0, 0.05) is 13.3 Å².